The van der Waals surface area contributed by atoms with E-state index in [4.69, 9.17) is 32.7 Å². The van der Waals surface area contributed by atoms with Crippen molar-refractivity contribution in [2.45, 2.75) is 58.1 Å². The molecule has 0 aromatic heterocycles. The minimum absolute atomic E-state index is 0.118. The number of carbonyl (C=O) groups excluding carboxylic acids is 3. The van der Waals surface area contributed by atoms with Gasteiger partial charge in [-0.15, -0.1) is 0 Å². The quantitative estimate of drug-likeness (QED) is 0.404. The Morgan fingerprint density at radius 2 is 1.55 bits per heavy atom. The van der Waals surface area contributed by atoms with Gasteiger partial charge in [0.15, 0.2) is 0 Å². The van der Waals surface area contributed by atoms with Gasteiger partial charge in [-0.25, -0.2) is 9.59 Å². The number of hydrogen-bond acceptors (Lipinski definition) is 5. The molecule has 7 nitrogen and oxygen atoms in total. The van der Waals surface area contributed by atoms with Crippen molar-refractivity contribution in [1.82, 2.24) is 9.80 Å². The van der Waals surface area contributed by atoms with E-state index in [9.17, 15) is 14.4 Å². The molecule has 2 aromatic carbocycles. The number of esters is 1. The zero-order valence-corrected chi connectivity index (χ0v) is 23.8. The molecule has 38 heavy (non-hydrogen) atoms. The summed E-state index contributed by atoms with van der Waals surface area (Å²) in [6, 6.07) is 10.8. The molecule has 0 saturated carbocycles. The van der Waals surface area contributed by atoms with Gasteiger partial charge in [0, 0.05) is 41.6 Å². The lowest BCUT2D eigenvalue weighted by Gasteiger charge is -2.37. The van der Waals surface area contributed by atoms with Crippen LogP contribution in [0.4, 0.5) is 4.79 Å². The van der Waals surface area contributed by atoms with Gasteiger partial charge in [-0.05, 0) is 87.4 Å². The van der Waals surface area contributed by atoms with Gasteiger partial charge in [0.05, 0.1) is 12.7 Å². The van der Waals surface area contributed by atoms with Gasteiger partial charge < -0.3 is 19.3 Å². The minimum Gasteiger partial charge on any atom is -0.465 e. The van der Waals surface area contributed by atoms with Gasteiger partial charge in [-0.1, -0.05) is 35.3 Å². The molecule has 0 spiro atoms. The highest BCUT2D eigenvalue weighted by Gasteiger charge is 2.38. The molecule has 204 valence electrons. The largest absolute Gasteiger partial charge is 0.465 e. The van der Waals surface area contributed by atoms with Crippen molar-refractivity contribution in [2.24, 2.45) is 5.92 Å². The zero-order valence-electron chi connectivity index (χ0n) is 22.3. The molecule has 0 N–H and O–H groups in total. The fourth-order valence-electron chi connectivity index (χ4n) is 5.13. The molecule has 2 fully saturated rings. The number of piperidine rings is 1. The molecule has 2 heterocycles. The van der Waals surface area contributed by atoms with Gasteiger partial charge >= 0.3 is 12.1 Å². The number of amides is 2. The molecule has 0 unspecified atom stereocenters. The summed E-state index contributed by atoms with van der Waals surface area (Å²) in [7, 11) is 1.35. The fourth-order valence-corrected chi connectivity index (χ4v) is 5.77. The summed E-state index contributed by atoms with van der Waals surface area (Å²) in [5, 5.41) is 1.03. The van der Waals surface area contributed by atoms with E-state index < -0.39 is 11.6 Å². The van der Waals surface area contributed by atoms with E-state index in [0.717, 1.165) is 36.0 Å². The van der Waals surface area contributed by atoms with Gasteiger partial charge in [0.25, 0.3) is 0 Å². The van der Waals surface area contributed by atoms with Crippen molar-refractivity contribution in [3.8, 4) is 11.1 Å². The lowest BCUT2D eigenvalue weighted by Crippen LogP contribution is -2.48. The van der Waals surface area contributed by atoms with Gasteiger partial charge in [-0.3, -0.25) is 4.79 Å². The highest BCUT2D eigenvalue weighted by atomic mass is 35.5. The molecule has 2 aromatic rings. The summed E-state index contributed by atoms with van der Waals surface area (Å²) in [5.74, 6) is -0.457. The monoisotopic (exact) mass is 560 g/mol. The maximum Gasteiger partial charge on any atom is 0.410 e. The number of ether oxygens (including phenoxy) is 2. The van der Waals surface area contributed by atoms with Crippen LogP contribution in [-0.4, -0.2) is 66.2 Å². The molecule has 1 atom stereocenters. The van der Waals surface area contributed by atoms with Crippen molar-refractivity contribution in [1.29, 1.82) is 0 Å². The summed E-state index contributed by atoms with van der Waals surface area (Å²) in [6.07, 6.45) is 2.40. The van der Waals surface area contributed by atoms with Crippen LogP contribution < -0.4 is 0 Å². The van der Waals surface area contributed by atoms with E-state index in [1.807, 2.05) is 49.9 Å². The first-order chi connectivity index (χ1) is 18.0. The van der Waals surface area contributed by atoms with E-state index in [1.165, 1.54) is 7.11 Å². The van der Waals surface area contributed by atoms with Crippen molar-refractivity contribution >= 4 is 41.2 Å². The van der Waals surface area contributed by atoms with Crippen molar-refractivity contribution in [2.75, 3.05) is 26.7 Å². The molecular formula is C29H34Cl2N2O5. The van der Waals surface area contributed by atoms with Crippen LogP contribution in [0.1, 0.15) is 56.0 Å². The number of methoxy groups -OCH3 is 1. The second-order valence-electron chi connectivity index (χ2n) is 10.9. The van der Waals surface area contributed by atoms with Crippen LogP contribution in [0.15, 0.2) is 36.4 Å². The Kier molecular flexibility index (Phi) is 8.58. The normalized spacial score (nSPS) is 18.6. The molecule has 0 aliphatic carbocycles. The SMILES string of the molecule is COC(=O)c1ccc(-c2cc(Cl)c(C[C@@H]3CCN(C4CCN(C(=O)OC(C)(C)C)CC4)C3=O)c(Cl)c2)cc1. The van der Waals surface area contributed by atoms with Crippen molar-refractivity contribution < 1.29 is 23.9 Å². The van der Waals surface area contributed by atoms with Crippen LogP contribution in [-0.2, 0) is 20.7 Å². The highest BCUT2D eigenvalue weighted by Crippen LogP contribution is 2.36. The predicted octanol–water partition coefficient (Wildman–Crippen LogP) is 6.24. The highest BCUT2D eigenvalue weighted by molar-refractivity contribution is 6.36. The topological polar surface area (TPSA) is 76.2 Å². The Morgan fingerprint density at radius 3 is 2.11 bits per heavy atom. The predicted molar refractivity (Wildman–Crippen MR) is 148 cm³/mol. The standard InChI is InChI=1S/C29H34Cl2N2O5/c1-29(2,3)38-28(36)32-12-10-22(11-13-32)33-14-9-20(26(33)34)15-23-24(30)16-21(17-25(23)31)18-5-7-19(8-6-18)27(35)37-4/h5-8,16-17,20,22H,9-15H2,1-4H3/t20-/m0/s1. The van der Waals surface area contributed by atoms with Crippen LogP contribution in [0, 0.1) is 5.92 Å². The second-order valence-corrected chi connectivity index (χ2v) is 11.7. The van der Waals surface area contributed by atoms with Crippen LogP contribution in [0.3, 0.4) is 0 Å². The number of nitrogens with zero attached hydrogens (tertiary/aromatic N) is 2. The molecule has 0 bridgehead atoms. The maximum atomic E-state index is 13.3. The third kappa shape index (κ3) is 6.44. The summed E-state index contributed by atoms with van der Waals surface area (Å²) in [6.45, 7) is 7.42. The van der Waals surface area contributed by atoms with Crippen LogP contribution in [0.5, 0.6) is 0 Å². The van der Waals surface area contributed by atoms with Crippen LogP contribution in [0.25, 0.3) is 11.1 Å². The molecule has 2 aliphatic rings. The van der Waals surface area contributed by atoms with E-state index >= 15 is 0 Å². The molecular weight excluding hydrogens is 527 g/mol. The van der Waals surface area contributed by atoms with Crippen molar-refractivity contribution in [3.63, 3.8) is 0 Å². The number of carbonyl (C=O) groups is 3. The summed E-state index contributed by atoms with van der Waals surface area (Å²) in [4.78, 5) is 41.1. The summed E-state index contributed by atoms with van der Waals surface area (Å²) < 4.78 is 10.2. The zero-order chi connectivity index (χ0) is 27.6. The Labute approximate surface area is 234 Å². The first-order valence-corrected chi connectivity index (χ1v) is 13.7. The Bertz CT molecular complexity index is 1180. The Morgan fingerprint density at radius 1 is 0.947 bits per heavy atom. The smallest absolute Gasteiger partial charge is 0.410 e. The number of halogens is 2. The fraction of sp³-hybridized carbons (Fsp3) is 0.483. The summed E-state index contributed by atoms with van der Waals surface area (Å²) >= 11 is 13.3. The van der Waals surface area contributed by atoms with Crippen LogP contribution >= 0.6 is 23.2 Å². The Hall–Kier alpha value is -2.77. The van der Waals surface area contributed by atoms with E-state index in [2.05, 4.69) is 0 Å². The molecule has 4 rings (SSSR count). The average Bonchev–Trinajstić information content (AvgIpc) is 3.24. The first-order valence-electron chi connectivity index (χ1n) is 12.9. The third-order valence-electron chi connectivity index (χ3n) is 7.14. The number of likely N-dealkylation sites (tertiary alicyclic amines) is 2. The van der Waals surface area contributed by atoms with E-state index in [-0.39, 0.29) is 24.0 Å². The second kappa shape index (κ2) is 11.5. The molecule has 2 amide bonds. The number of rotatable bonds is 5. The van der Waals surface area contributed by atoms with E-state index in [1.54, 1.807) is 17.0 Å². The van der Waals surface area contributed by atoms with Gasteiger partial charge in [0.1, 0.15) is 5.60 Å². The number of hydrogen-bond donors (Lipinski definition) is 0. The lowest BCUT2D eigenvalue weighted by atomic mass is 9.95. The van der Waals surface area contributed by atoms with Gasteiger partial charge in [-0.2, -0.15) is 0 Å². The Balaban J connectivity index is 1.38. The molecule has 2 saturated heterocycles. The molecule has 2 aliphatic heterocycles. The first kappa shape index (κ1) is 28.2. The van der Waals surface area contributed by atoms with E-state index in [0.29, 0.717) is 41.7 Å². The number of benzene rings is 2. The van der Waals surface area contributed by atoms with Gasteiger partial charge in [0.2, 0.25) is 5.91 Å². The average molecular weight is 562 g/mol. The summed E-state index contributed by atoms with van der Waals surface area (Å²) in [5.41, 5.74) is 2.40. The third-order valence-corrected chi connectivity index (χ3v) is 7.81. The van der Waals surface area contributed by atoms with Crippen LogP contribution in [0.2, 0.25) is 10.0 Å². The maximum absolute atomic E-state index is 13.3. The molecule has 0 radical (unpaired) electrons. The van der Waals surface area contributed by atoms with Crippen molar-refractivity contribution in [3.05, 3.63) is 57.6 Å². The lowest BCUT2D eigenvalue weighted by molar-refractivity contribution is -0.133. The molecule has 9 heteroatoms. The minimum atomic E-state index is -0.526.